The summed E-state index contributed by atoms with van der Waals surface area (Å²) in [6.07, 6.45) is 0. The molecule has 168 valence electrons. The topological polar surface area (TPSA) is 58.6 Å². The number of ether oxygens (including phenoxy) is 1. The summed E-state index contributed by atoms with van der Waals surface area (Å²) < 4.78 is 5.59. The lowest BCUT2D eigenvalue weighted by molar-refractivity contribution is -0.142. The van der Waals surface area contributed by atoms with Crippen molar-refractivity contribution in [3.05, 3.63) is 62.1 Å². The maximum Gasteiger partial charge on any atom is 0.261 e. The Morgan fingerprint density at radius 3 is 2.26 bits per heavy atom. The molecule has 1 atom stereocenters. The Balaban J connectivity index is 2.23. The van der Waals surface area contributed by atoms with E-state index >= 15 is 0 Å². The van der Waals surface area contributed by atoms with Crippen molar-refractivity contribution in [2.45, 2.75) is 45.8 Å². The van der Waals surface area contributed by atoms with Gasteiger partial charge in [-0.25, -0.2) is 0 Å². The van der Waals surface area contributed by atoms with Gasteiger partial charge in [0.1, 0.15) is 11.8 Å². The van der Waals surface area contributed by atoms with Gasteiger partial charge in [-0.15, -0.1) is 0 Å². The molecule has 0 aliphatic carbocycles. The maximum absolute atomic E-state index is 13.1. The van der Waals surface area contributed by atoms with Crippen molar-refractivity contribution in [2.75, 3.05) is 6.61 Å². The van der Waals surface area contributed by atoms with Crippen LogP contribution in [0.3, 0.4) is 0 Å². The first-order valence-corrected chi connectivity index (χ1v) is 11.0. The molecule has 2 amide bonds. The number of amides is 2. The van der Waals surface area contributed by atoms with Crippen LogP contribution in [0.1, 0.15) is 33.3 Å². The normalized spacial score (nSPS) is 12.3. The highest BCUT2D eigenvalue weighted by Crippen LogP contribution is 2.28. The molecule has 0 aliphatic rings. The molecule has 0 aliphatic heterocycles. The van der Waals surface area contributed by atoms with Crippen LogP contribution >= 0.6 is 46.4 Å². The number of nitrogens with zero attached hydrogens (tertiary/aromatic N) is 1. The number of halogens is 4. The summed E-state index contributed by atoms with van der Waals surface area (Å²) in [6, 6.07) is 9.01. The van der Waals surface area contributed by atoms with Crippen LogP contribution in [0.25, 0.3) is 0 Å². The predicted octanol–water partition coefficient (Wildman–Crippen LogP) is 6.01. The number of hydrogen-bond donors (Lipinski definition) is 1. The lowest BCUT2D eigenvalue weighted by Crippen LogP contribution is -2.53. The van der Waals surface area contributed by atoms with Crippen LogP contribution in [0.2, 0.25) is 20.1 Å². The van der Waals surface area contributed by atoms with Crippen molar-refractivity contribution in [1.82, 2.24) is 10.2 Å². The molecule has 0 saturated heterocycles. The van der Waals surface area contributed by atoms with Crippen LogP contribution in [0.15, 0.2) is 36.4 Å². The molecule has 31 heavy (non-hydrogen) atoms. The van der Waals surface area contributed by atoms with Crippen LogP contribution in [0, 0.1) is 0 Å². The summed E-state index contributed by atoms with van der Waals surface area (Å²) in [5, 5.41) is 4.40. The van der Waals surface area contributed by atoms with Crippen LogP contribution in [0.4, 0.5) is 0 Å². The minimum atomic E-state index is -0.759. The molecule has 0 saturated carbocycles. The second-order valence-electron chi connectivity index (χ2n) is 8.05. The summed E-state index contributed by atoms with van der Waals surface area (Å²) in [5.74, 6) is -0.361. The lowest BCUT2D eigenvalue weighted by Gasteiger charge is -2.31. The second-order valence-corrected chi connectivity index (χ2v) is 9.71. The minimum absolute atomic E-state index is 0.145. The molecule has 9 heteroatoms. The number of nitrogens with one attached hydrogen (secondary N) is 1. The Bertz CT molecular complexity index is 960. The van der Waals surface area contributed by atoms with Crippen LogP contribution in [-0.2, 0) is 16.1 Å². The van der Waals surface area contributed by atoms with E-state index in [0.29, 0.717) is 20.8 Å². The molecule has 0 unspecified atom stereocenters. The SMILES string of the molecule is C[C@H](C(=O)NC(C)(C)C)N(Cc1ccc(Cl)c(Cl)c1)C(=O)COc1ccc(Cl)cc1Cl. The fourth-order valence-electron chi connectivity index (χ4n) is 2.71. The van der Waals surface area contributed by atoms with Gasteiger partial charge >= 0.3 is 0 Å². The van der Waals surface area contributed by atoms with E-state index in [1.807, 2.05) is 20.8 Å². The summed E-state index contributed by atoms with van der Waals surface area (Å²) >= 11 is 24.1. The van der Waals surface area contributed by atoms with E-state index in [9.17, 15) is 9.59 Å². The van der Waals surface area contributed by atoms with Crippen molar-refractivity contribution in [3.8, 4) is 5.75 Å². The third-order valence-electron chi connectivity index (χ3n) is 4.25. The van der Waals surface area contributed by atoms with Crippen molar-refractivity contribution >= 4 is 58.2 Å². The molecule has 2 aromatic rings. The van der Waals surface area contributed by atoms with Gasteiger partial charge in [0, 0.05) is 17.1 Å². The lowest BCUT2D eigenvalue weighted by atomic mass is 10.1. The van der Waals surface area contributed by atoms with Gasteiger partial charge in [-0.1, -0.05) is 52.5 Å². The first-order chi connectivity index (χ1) is 14.4. The number of rotatable bonds is 7. The summed E-state index contributed by atoms with van der Waals surface area (Å²) in [5.41, 5.74) is 0.277. The standard InChI is InChI=1S/C22H24Cl4N2O3/c1-13(21(30)27-22(2,3)4)28(11-14-5-7-16(24)17(25)9-14)20(29)12-31-19-8-6-15(23)10-18(19)26/h5-10,13H,11-12H2,1-4H3,(H,27,30)/t13-/m1/s1. The maximum atomic E-state index is 13.1. The fourth-order valence-corrected chi connectivity index (χ4v) is 3.49. The summed E-state index contributed by atoms with van der Waals surface area (Å²) in [4.78, 5) is 27.2. The first-order valence-electron chi connectivity index (χ1n) is 9.50. The Kier molecular flexibility index (Phi) is 8.90. The molecule has 0 heterocycles. The van der Waals surface area contributed by atoms with E-state index < -0.39 is 17.5 Å². The third kappa shape index (κ3) is 7.76. The van der Waals surface area contributed by atoms with Crippen molar-refractivity contribution < 1.29 is 14.3 Å². The Hall–Kier alpha value is -1.66. The van der Waals surface area contributed by atoms with Gasteiger partial charge in [-0.2, -0.15) is 0 Å². The molecule has 2 rings (SSSR count). The van der Waals surface area contributed by atoms with Gasteiger partial charge < -0.3 is 15.0 Å². The van der Waals surface area contributed by atoms with Crippen LogP contribution in [-0.4, -0.2) is 34.9 Å². The minimum Gasteiger partial charge on any atom is -0.482 e. The van der Waals surface area contributed by atoms with E-state index in [4.69, 9.17) is 51.1 Å². The third-order valence-corrected chi connectivity index (χ3v) is 5.52. The highest BCUT2D eigenvalue weighted by atomic mass is 35.5. The summed E-state index contributed by atoms with van der Waals surface area (Å²) in [6.45, 7) is 7.10. The zero-order chi connectivity index (χ0) is 23.3. The van der Waals surface area contributed by atoms with E-state index in [2.05, 4.69) is 5.32 Å². The molecule has 0 aromatic heterocycles. The van der Waals surface area contributed by atoms with E-state index in [1.54, 1.807) is 37.3 Å². The molecule has 2 aromatic carbocycles. The van der Waals surface area contributed by atoms with Crippen LogP contribution < -0.4 is 10.1 Å². The zero-order valence-electron chi connectivity index (χ0n) is 17.6. The van der Waals surface area contributed by atoms with Gasteiger partial charge in [0.25, 0.3) is 5.91 Å². The average molecular weight is 506 g/mol. The van der Waals surface area contributed by atoms with Gasteiger partial charge in [0.05, 0.1) is 15.1 Å². The number of carbonyl (C=O) groups is 2. The van der Waals surface area contributed by atoms with Gasteiger partial charge in [-0.05, 0) is 63.6 Å². The first kappa shape index (κ1) is 25.6. The average Bonchev–Trinajstić information content (AvgIpc) is 2.66. The number of hydrogen-bond acceptors (Lipinski definition) is 3. The van der Waals surface area contributed by atoms with E-state index in [1.165, 1.54) is 11.0 Å². The van der Waals surface area contributed by atoms with Crippen molar-refractivity contribution in [2.24, 2.45) is 0 Å². The Morgan fingerprint density at radius 1 is 1.00 bits per heavy atom. The molecular weight excluding hydrogens is 482 g/mol. The molecule has 0 radical (unpaired) electrons. The van der Waals surface area contributed by atoms with Crippen molar-refractivity contribution in [3.63, 3.8) is 0 Å². The van der Waals surface area contributed by atoms with E-state index in [0.717, 1.165) is 5.56 Å². The molecular formula is C22H24Cl4N2O3. The number of benzene rings is 2. The molecule has 0 spiro atoms. The predicted molar refractivity (Wildman–Crippen MR) is 126 cm³/mol. The highest BCUT2D eigenvalue weighted by Gasteiger charge is 2.29. The quantitative estimate of drug-likeness (QED) is 0.501. The van der Waals surface area contributed by atoms with Gasteiger partial charge in [0.15, 0.2) is 6.61 Å². The zero-order valence-corrected chi connectivity index (χ0v) is 20.7. The molecule has 0 fully saturated rings. The monoisotopic (exact) mass is 504 g/mol. The van der Waals surface area contributed by atoms with Gasteiger partial charge in [-0.3, -0.25) is 9.59 Å². The molecule has 1 N–H and O–H groups in total. The number of carbonyl (C=O) groups excluding carboxylic acids is 2. The second kappa shape index (κ2) is 10.8. The molecule has 0 bridgehead atoms. The largest absolute Gasteiger partial charge is 0.482 e. The van der Waals surface area contributed by atoms with E-state index in [-0.39, 0.29) is 24.1 Å². The van der Waals surface area contributed by atoms with Crippen molar-refractivity contribution in [1.29, 1.82) is 0 Å². The highest BCUT2D eigenvalue weighted by molar-refractivity contribution is 6.42. The fraction of sp³-hybridized carbons (Fsp3) is 0.364. The molecule has 5 nitrogen and oxygen atoms in total. The van der Waals surface area contributed by atoms with Gasteiger partial charge in [0.2, 0.25) is 5.91 Å². The Labute approximate surface area is 202 Å². The summed E-state index contributed by atoms with van der Waals surface area (Å²) in [7, 11) is 0. The smallest absolute Gasteiger partial charge is 0.261 e. The Morgan fingerprint density at radius 2 is 1.68 bits per heavy atom. The van der Waals surface area contributed by atoms with Crippen LogP contribution in [0.5, 0.6) is 5.75 Å².